The van der Waals surface area contributed by atoms with Crippen LogP contribution in [-0.2, 0) is 0 Å². The standard InChI is InChI=1S/C13H17FN2O/c14-11-6-10(7-12(15)8-11)13(17)16-5-4-9-2-1-3-9/h6-9H,1-5,15H2,(H,16,17). The van der Waals surface area contributed by atoms with E-state index in [1.54, 1.807) is 0 Å². The summed E-state index contributed by atoms with van der Waals surface area (Å²) in [5.74, 6) is 0.0255. The fourth-order valence-electron chi connectivity index (χ4n) is 2.02. The third-order valence-electron chi connectivity index (χ3n) is 3.25. The highest BCUT2D eigenvalue weighted by Gasteiger charge is 2.17. The summed E-state index contributed by atoms with van der Waals surface area (Å²) >= 11 is 0. The molecule has 1 amide bonds. The molecule has 0 unspecified atom stereocenters. The molecule has 1 aliphatic rings. The number of nitrogens with two attached hydrogens (primary N) is 1. The van der Waals surface area contributed by atoms with E-state index in [1.807, 2.05) is 0 Å². The molecule has 0 heterocycles. The smallest absolute Gasteiger partial charge is 0.251 e. The summed E-state index contributed by atoms with van der Waals surface area (Å²) in [4.78, 5) is 11.7. The summed E-state index contributed by atoms with van der Waals surface area (Å²) < 4.78 is 13.0. The van der Waals surface area contributed by atoms with Gasteiger partial charge in [-0.05, 0) is 30.5 Å². The van der Waals surface area contributed by atoms with Gasteiger partial charge in [0.15, 0.2) is 0 Å². The Morgan fingerprint density at radius 2 is 2.18 bits per heavy atom. The Morgan fingerprint density at radius 3 is 2.76 bits per heavy atom. The number of anilines is 1. The highest BCUT2D eigenvalue weighted by atomic mass is 19.1. The highest BCUT2D eigenvalue weighted by molar-refractivity contribution is 5.95. The molecule has 0 radical (unpaired) electrons. The second-order valence-electron chi connectivity index (χ2n) is 4.61. The van der Waals surface area contributed by atoms with Crippen molar-refractivity contribution in [2.24, 2.45) is 5.92 Å². The van der Waals surface area contributed by atoms with Gasteiger partial charge >= 0.3 is 0 Å². The van der Waals surface area contributed by atoms with Crippen molar-refractivity contribution in [3.05, 3.63) is 29.6 Å². The second-order valence-corrected chi connectivity index (χ2v) is 4.61. The topological polar surface area (TPSA) is 55.1 Å². The Morgan fingerprint density at radius 1 is 1.41 bits per heavy atom. The van der Waals surface area contributed by atoms with Gasteiger partial charge in [0.25, 0.3) is 5.91 Å². The molecule has 3 N–H and O–H groups in total. The van der Waals surface area contributed by atoms with E-state index in [2.05, 4.69) is 5.32 Å². The van der Waals surface area contributed by atoms with E-state index in [0.717, 1.165) is 12.3 Å². The average molecular weight is 236 g/mol. The SMILES string of the molecule is Nc1cc(F)cc(C(=O)NCCC2CCC2)c1. The largest absolute Gasteiger partial charge is 0.399 e. The van der Waals surface area contributed by atoms with Crippen LogP contribution < -0.4 is 11.1 Å². The molecule has 4 heteroatoms. The summed E-state index contributed by atoms with van der Waals surface area (Å²) in [6, 6.07) is 3.89. The van der Waals surface area contributed by atoms with E-state index < -0.39 is 5.82 Å². The van der Waals surface area contributed by atoms with Gasteiger partial charge in [-0.3, -0.25) is 4.79 Å². The number of rotatable bonds is 4. The van der Waals surface area contributed by atoms with Gasteiger partial charge in [-0.2, -0.15) is 0 Å². The summed E-state index contributed by atoms with van der Waals surface area (Å²) in [6.45, 7) is 0.653. The van der Waals surface area contributed by atoms with Crippen LogP contribution >= 0.6 is 0 Å². The van der Waals surface area contributed by atoms with E-state index in [4.69, 9.17) is 5.73 Å². The van der Waals surface area contributed by atoms with Gasteiger partial charge in [-0.15, -0.1) is 0 Å². The molecule has 1 aromatic carbocycles. The van der Waals surface area contributed by atoms with Crippen molar-refractivity contribution in [1.82, 2.24) is 5.32 Å². The average Bonchev–Trinajstić information content (AvgIpc) is 2.20. The Balaban J connectivity index is 1.85. The lowest BCUT2D eigenvalue weighted by Gasteiger charge is -2.25. The highest BCUT2D eigenvalue weighted by Crippen LogP contribution is 2.28. The molecular formula is C13H17FN2O. The summed E-state index contributed by atoms with van der Waals surface area (Å²) in [5, 5.41) is 2.79. The maximum absolute atomic E-state index is 13.0. The zero-order chi connectivity index (χ0) is 12.3. The number of benzene rings is 1. The number of carbonyl (C=O) groups is 1. The van der Waals surface area contributed by atoms with Gasteiger partial charge < -0.3 is 11.1 Å². The number of nitrogen functional groups attached to an aromatic ring is 1. The lowest BCUT2D eigenvalue weighted by Crippen LogP contribution is -2.27. The third-order valence-corrected chi connectivity index (χ3v) is 3.25. The van der Waals surface area contributed by atoms with Crippen LogP contribution in [0.4, 0.5) is 10.1 Å². The Hall–Kier alpha value is -1.58. The molecule has 3 nitrogen and oxygen atoms in total. The van der Waals surface area contributed by atoms with Crippen LogP contribution in [0.3, 0.4) is 0 Å². The summed E-state index contributed by atoms with van der Waals surface area (Å²) in [6.07, 6.45) is 4.85. The van der Waals surface area contributed by atoms with Gasteiger partial charge in [0.2, 0.25) is 0 Å². The molecule has 0 spiro atoms. The predicted octanol–water partition coefficient (Wildman–Crippen LogP) is 2.33. The molecule has 17 heavy (non-hydrogen) atoms. The molecule has 1 fully saturated rings. The van der Waals surface area contributed by atoms with Crippen LogP contribution in [-0.4, -0.2) is 12.5 Å². The van der Waals surface area contributed by atoms with Crippen molar-refractivity contribution in [2.45, 2.75) is 25.7 Å². The van der Waals surface area contributed by atoms with E-state index in [9.17, 15) is 9.18 Å². The van der Waals surface area contributed by atoms with E-state index >= 15 is 0 Å². The van der Waals surface area contributed by atoms with E-state index in [0.29, 0.717) is 6.54 Å². The molecular weight excluding hydrogens is 219 g/mol. The fourth-order valence-corrected chi connectivity index (χ4v) is 2.02. The van der Waals surface area contributed by atoms with Gasteiger partial charge in [0.1, 0.15) is 5.82 Å². The fraction of sp³-hybridized carbons (Fsp3) is 0.462. The Bertz CT molecular complexity index is 396. The zero-order valence-corrected chi connectivity index (χ0v) is 9.71. The van der Waals surface area contributed by atoms with Gasteiger partial charge in [-0.25, -0.2) is 4.39 Å². The first kappa shape index (κ1) is 11.9. The molecule has 0 aliphatic heterocycles. The monoisotopic (exact) mass is 236 g/mol. The second kappa shape index (κ2) is 5.17. The minimum Gasteiger partial charge on any atom is -0.399 e. The molecule has 1 saturated carbocycles. The van der Waals surface area contributed by atoms with Crippen molar-refractivity contribution in [3.8, 4) is 0 Å². The number of carbonyl (C=O) groups excluding carboxylic acids is 1. The molecule has 1 aromatic rings. The first-order valence-corrected chi connectivity index (χ1v) is 5.99. The molecule has 2 rings (SSSR count). The van der Waals surface area contributed by atoms with Crippen LogP contribution in [0.15, 0.2) is 18.2 Å². The van der Waals surface area contributed by atoms with E-state index in [1.165, 1.54) is 37.5 Å². The van der Waals surface area contributed by atoms with Crippen LogP contribution in [0.1, 0.15) is 36.0 Å². The van der Waals surface area contributed by atoms with Crippen LogP contribution in [0, 0.1) is 11.7 Å². The van der Waals surface area contributed by atoms with Crippen molar-refractivity contribution < 1.29 is 9.18 Å². The minimum absolute atomic E-state index is 0.254. The Labute approximate surface area is 100 Å². The third kappa shape index (κ3) is 3.19. The number of halogens is 1. The van der Waals surface area contributed by atoms with Crippen molar-refractivity contribution in [2.75, 3.05) is 12.3 Å². The maximum atomic E-state index is 13.0. The number of amides is 1. The minimum atomic E-state index is -0.478. The lowest BCUT2D eigenvalue weighted by molar-refractivity contribution is 0.0948. The number of hydrogen-bond donors (Lipinski definition) is 2. The molecule has 1 aliphatic carbocycles. The van der Waals surface area contributed by atoms with Crippen molar-refractivity contribution in [3.63, 3.8) is 0 Å². The Kier molecular flexibility index (Phi) is 3.61. The summed E-state index contributed by atoms with van der Waals surface area (Å²) in [7, 11) is 0. The quantitative estimate of drug-likeness (QED) is 0.788. The summed E-state index contributed by atoms with van der Waals surface area (Å²) in [5.41, 5.74) is 6.05. The van der Waals surface area contributed by atoms with E-state index in [-0.39, 0.29) is 17.2 Å². The van der Waals surface area contributed by atoms with Crippen molar-refractivity contribution >= 4 is 11.6 Å². The van der Waals surface area contributed by atoms with Gasteiger partial charge in [-0.1, -0.05) is 19.3 Å². The van der Waals surface area contributed by atoms with Crippen LogP contribution in [0.5, 0.6) is 0 Å². The van der Waals surface area contributed by atoms with Gasteiger partial charge in [0.05, 0.1) is 0 Å². The lowest BCUT2D eigenvalue weighted by atomic mass is 9.83. The molecule has 0 atom stereocenters. The first-order chi connectivity index (χ1) is 8.15. The van der Waals surface area contributed by atoms with Crippen molar-refractivity contribution in [1.29, 1.82) is 0 Å². The number of hydrogen-bond acceptors (Lipinski definition) is 2. The molecule has 0 aromatic heterocycles. The predicted molar refractivity (Wildman–Crippen MR) is 65.1 cm³/mol. The molecule has 0 bridgehead atoms. The normalized spacial score (nSPS) is 15.4. The first-order valence-electron chi connectivity index (χ1n) is 5.99. The molecule has 0 saturated heterocycles. The molecule has 92 valence electrons. The number of nitrogens with one attached hydrogen (secondary N) is 1. The zero-order valence-electron chi connectivity index (χ0n) is 9.71. The maximum Gasteiger partial charge on any atom is 0.251 e. The van der Waals surface area contributed by atoms with Crippen LogP contribution in [0.25, 0.3) is 0 Å². The van der Waals surface area contributed by atoms with Crippen LogP contribution in [0.2, 0.25) is 0 Å². The van der Waals surface area contributed by atoms with Gasteiger partial charge in [0, 0.05) is 17.8 Å².